The molecule has 1 aromatic rings. The van der Waals surface area contributed by atoms with Crippen molar-refractivity contribution in [2.75, 3.05) is 12.4 Å². The highest BCUT2D eigenvalue weighted by atomic mass is 79.9. The second-order valence-corrected chi connectivity index (χ2v) is 4.00. The molecule has 0 saturated carbocycles. The first-order chi connectivity index (χ1) is 8.01. The average molecular weight is 306 g/mol. The lowest BCUT2D eigenvalue weighted by atomic mass is 10.0. The van der Waals surface area contributed by atoms with E-state index in [0.717, 1.165) is 0 Å². The van der Waals surface area contributed by atoms with Crippen molar-refractivity contribution in [2.45, 2.75) is 12.2 Å². The number of ether oxygens (including phenoxy) is 1. The summed E-state index contributed by atoms with van der Waals surface area (Å²) in [5, 5.41) is 30.1. The van der Waals surface area contributed by atoms with Crippen LogP contribution in [0.25, 0.3) is 0 Å². The van der Waals surface area contributed by atoms with Crippen molar-refractivity contribution in [3.63, 3.8) is 0 Å². The predicted molar refractivity (Wildman–Crippen MR) is 64.4 cm³/mol. The molecule has 1 rings (SSSR count). The van der Waals surface area contributed by atoms with Crippen LogP contribution in [-0.4, -0.2) is 33.7 Å². The Bertz CT molecular complexity index is 412. The quantitative estimate of drug-likeness (QED) is 0.487. The molecule has 0 amide bonds. The molecule has 2 unspecified atom stereocenters. The molecule has 0 aromatic heterocycles. The smallest absolute Gasteiger partial charge is 0.311 e. The van der Waals surface area contributed by atoms with Crippen LogP contribution >= 0.6 is 15.9 Å². The number of hydrogen-bond acceptors (Lipinski definition) is 5. The summed E-state index contributed by atoms with van der Waals surface area (Å²) in [6.07, 6.45) is -2.21. The fourth-order valence-electron chi connectivity index (χ4n) is 1.34. The topological polar surface area (TPSA) is 92.8 Å². The molecule has 7 heteroatoms. The van der Waals surface area contributed by atoms with Crippen LogP contribution in [0.3, 0.4) is 0 Å². The SMILES string of the molecule is COc1ccc(C(O)C(O)CBr)cc1[N+](=O)[O-]. The zero-order valence-electron chi connectivity index (χ0n) is 9.04. The van der Waals surface area contributed by atoms with Gasteiger partial charge in [0, 0.05) is 11.4 Å². The van der Waals surface area contributed by atoms with Gasteiger partial charge in [-0.3, -0.25) is 10.1 Å². The van der Waals surface area contributed by atoms with Gasteiger partial charge in [0.1, 0.15) is 6.10 Å². The number of hydrogen-bond donors (Lipinski definition) is 2. The summed E-state index contributed by atoms with van der Waals surface area (Å²) in [6.45, 7) is 0. The van der Waals surface area contributed by atoms with E-state index in [-0.39, 0.29) is 22.3 Å². The lowest BCUT2D eigenvalue weighted by Crippen LogP contribution is -2.19. The zero-order valence-corrected chi connectivity index (χ0v) is 10.6. The van der Waals surface area contributed by atoms with Crippen LogP contribution < -0.4 is 4.74 Å². The second kappa shape index (κ2) is 5.95. The normalized spacial score (nSPS) is 14.1. The molecule has 94 valence electrons. The fraction of sp³-hybridized carbons (Fsp3) is 0.400. The molecule has 0 aliphatic heterocycles. The molecule has 0 bridgehead atoms. The van der Waals surface area contributed by atoms with Crippen LogP contribution in [0, 0.1) is 10.1 Å². The lowest BCUT2D eigenvalue weighted by Gasteiger charge is -2.16. The third kappa shape index (κ3) is 3.15. The van der Waals surface area contributed by atoms with Gasteiger partial charge in [-0.05, 0) is 11.6 Å². The summed E-state index contributed by atoms with van der Waals surface area (Å²) in [5.41, 5.74) is 0.0234. The Balaban J connectivity index is 3.12. The molecule has 0 spiro atoms. The molecule has 1 aromatic carbocycles. The number of nitrogens with zero attached hydrogens (tertiary/aromatic N) is 1. The average Bonchev–Trinajstić information content (AvgIpc) is 2.35. The molecule has 0 saturated heterocycles. The van der Waals surface area contributed by atoms with E-state index in [1.165, 1.54) is 25.3 Å². The van der Waals surface area contributed by atoms with Gasteiger partial charge in [0.15, 0.2) is 5.75 Å². The minimum atomic E-state index is -1.18. The standard InChI is InChI=1S/C10H12BrNO5/c1-17-9-3-2-6(4-7(9)12(15)16)10(14)8(13)5-11/h2-4,8,10,13-14H,5H2,1H3. The van der Waals surface area contributed by atoms with Crippen molar-refractivity contribution < 1.29 is 19.9 Å². The van der Waals surface area contributed by atoms with Gasteiger partial charge in [0.25, 0.3) is 0 Å². The van der Waals surface area contributed by atoms with Crippen LogP contribution in [0.4, 0.5) is 5.69 Å². The Morgan fingerprint density at radius 3 is 2.65 bits per heavy atom. The van der Waals surface area contributed by atoms with Gasteiger partial charge < -0.3 is 14.9 Å². The summed E-state index contributed by atoms with van der Waals surface area (Å²) < 4.78 is 4.83. The van der Waals surface area contributed by atoms with Crippen molar-refractivity contribution in [1.29, 1.82) is 0 Å². The highest BCUT2D eigenvalue weighted by molar-refractivity contribution is 9.09. The first-order valence-corrected chi connectivity index (χ1v) is 5.87. The minimum absolute atomic E-state index is 0.110. The van der Waals surface area contributed by atoms with Gasteiger partial charge in [-0.25, -0.2) is 0 Å². The molecule has 2 atom stereocenters. The number of nitro groups is 1. The van der Waals surface area contributed by atoms with E-state index < -0.39 is 17.1 Å². The van der Waals surface area contributed by atoms with Crippen molar-refractivity contribution in [1.82, 2.24) is 0 Å². The maximum absolute atomic E-state index is 10.8. The monoisotopic (exact) mass is 305 g/mol. The summed E-state index contributed by atoms with van der Waals surface area (Å²) >= 11 is 3.02. The Hall–Kier alpha value is -1.18. The number of aliphatic hydroxyl groups is 2. The Morgan fingerprint density at radius 1 is 1.53 bits per heavy atom. The fourth-order valence-corrected chi connectivity index (χ4v) is 1.69. The van der Waals surface area contributed by atoms with Gasteiger partial charge >= 0.3 is 5.69 Å². The summed E-state index contributed by atoms with van der Waals surface area (Å²) in [6, 6.07) is 4.05. The molecular weight excluding hydrogens is 294 g/mol. The molecule has 0 radical (unpaired) electrons. The molecular formula is C10H12BrNO5. The van der Waals surface area contributed by atoms with Crippen molar-refractivity contribution in [3.05, 3.63) is 33.9 Å². The molecule has 0 heterocycles. The highest BCUT2D eigenvalue weighted by Gasteiger charge is 2.22. The van der Waals surface area contributed by atoms with E-state index in [0.29, 0.717) is 0 Å². The van der Waals surface area contributed by atoms with E-state index in [9.17, 15) is 20.3 Å². The molecule has 0 fully saturated rings. The van der Waals surface area contributed by atoms with E-state index in [1.807, 2.05) is 0 Å². The van der Waals surface area contributed by atoms with Gasteiger partial charge in [0.2, 0.25) is 0 Å². The first kappa shape index (κ1) is 13.9. The maximum atomic E-state index is 10.8. The van der Waals surface area contributed by atoms with Crippen LogP contribution in [0.2, 0.25) is 0 Å². The van der Waals surface area contributed by atoms with Crippen LogP contribution in [0.5, 0.6) is 5.75 Å². The van der Waals surface area contributed by atoms with E-state index in [4.69, 9.17) is 4.74 Å². The number of benzene rings is 1. The maximum Gasteiger partial charge on any atom is 0.311 e. The largest absolute Gasteiger partial charge is 0.490 e. The number of halogens is 1. The molecule has 0 aliphatic rings. The number of nitro benzene ring substituents is 1. The van der Waals surface area contributed by atoms with E-state index >= 15 is 0 Å². The second-order valence-electron chi connectivity index (χ2n) is 3.35. The van der Waals surface area contributed by atoms with E-state index in [1.54, 1.807) is 0 Å². The minimum Gasteiger partial charge on any atom is -0.490 e. The third-order valence-electron chi connectivity index (χ3n) is 2.26. The summed E-state index contributed by atoms with van der Waals surface area (Å²) in [4.78, 5) is 10.2. The van der Waals surface area contributed by atoms with Crippen molar-refractivity contribution in [3.8, 4) is 5.75 Å². The van der Waals surface area contributed by atoms with Crippen molar-refractivity contribution >= 4 is 21.6 Å². The third-order valence-corrected chi connectivity index (χ3v) is 2.93. The Kier molecular flexibility index (Phi) is 4.86. The van der Waals surface area contributed by atoms with Crippen LogP contribution in [0.15, 0.2) is 18.2 Å². The van der Waals surface area contributed by atoms with Crippen LogP contribution in [0.1, 0.15) is 11.7 Å². The molecule has 17 heavy (non-hydrogen) atoms. The molecule has 0 aliphatic carbocycles. The Labute approximate surface area is 106 Å². The summed E-state index contributed by atoms with van der Waals surface area (Å²) in [5.74, 6) is 0.110. The zero-order chi connectivity index (χ0) is 13.0. The number of rotatable bonds is 5. The Morgan fingerprint density at radius 2 is 2.18 bits per heavy atom. The van der Waals surface area contributed by atoms with Gasteiger partial charge in [-0.1, -0.05) is 22.0 Å². The van der Waals surface area contributed by atoms with Crippen molar-refractivity contribution in [2.24, 2.45) is 0 Å². The molecule has 2 N–H and O–H groups in total. The van der Waals surface area contributed by atoms with Crippen LogP contribution in [-0.2, 0) is 0 Å². The van der Waals surface area contributed by atoms with Gasteiger partial charge in [-0.15, -0.1) is 0 Å². The van der Waals surface area contributed by atoms with E-state index in [2.05, 4.69) is 15.9 Å². The first-order valence-electron chi connectivity index (χ1n) is 4.75. The number of alkyl halides is 1. The molecule has 6 nitrogen and oxygen atoms in total. The van der Waals surface area contributed by atoms with Gasteiger partial charge in [0.05, 0.1) is 18.1 Å². The number of methoxy groups -OCH3 is 1. The highest BCUT2D eigenvalue weighted by Crippen LogP contribution is 2.30. The summed E-state index contributed by atoms with van der Waals surface area (Å²) in [7, 11) is 1.33. The number of aliphatic hydroxyl groups excluding tert-OH is 2. The van der Waals surface area contributed by atoms with Gasteiger partial charge in [-0.2, -0.15) is 0 Å². The lowest BCUT2D eigenvalue weighted by molar-refractivity contribution is -0.385. The predicted octanol–water partition coefficient (Wildman–Crippen LogP) is 1.39.